The monoisotopic (exact) mass is 218 g/mol. The van der Waals surface area contributed by atoms with Crippen LogP contribution in [0, 0.1) is 0 Å². The highest BCUT2D eigenvalue weighted by Gasteiger charge is 2.30. The number of ether oxygens (including phenoxy) is 2. The Kier molecular flexibility index (Phi) is 5.02. The summed E-state index contributed by atoms with van der Waals surface area (Å²) in [7, 11) is 0. The Balaban J connectivity index is 1.91. The van der Waals surface area contributed by atoms with Gasteiger partial charge < -0.3 is 25.2 Å². The zero-order chi connectivity index (χ0) is 11.1. The van der Waals surface area contributed by atoms with Crippen molar-refractivity contribution in [1.82, 2.24) is 10.6 Å². The number of carbonyl (C=O) groups is 2. The first-order chi connectivity index (χ1) is 7.24. The van der Waals surface area contributed by atoms with Crippen LogP contribution in [0.4, 0.5) is 0 Å². The number of aliphatic hydroxyl groups excluding tert-OH is 1. The van der Waals surface area contributed by atoms with Crippen molar-refractivity contribution in [2.24, 2.45) is 0 Å². The minimum atomic E-state index is -0.350. The van der Waals surface area contributed by atoms with E-state index in [1.54, 1.807) is 0 Å². The second-order valence-corrected chi connectivity index (χ2v) is 2.93. The van der Waals surface area contributed by atoms with Gasteiger partial charge in [0.2, 0.25) is 5.91 Å². The van der Waals surface area contributed by atoms with Gasteiger partial charge in [0, 0.05) is 6.54 Å². The van der Waals surface area contributed by atoms with Crippen molar-refractivity contribution >= 4 is 11.8 Å². The molecule has 15 heavy (non-hydrogen) atoms. The van der Waals surface area contributed by atoms with Crippen molar-refractivity contribution in [2.75, 3.05) is 33.1 Å². The molecule has 0 radical (unpaired) electrons. The van der Waals surface area contributed by atoms with Crippen LogP contribution in [0.3, 0.4) is 0 Å². The third kappa shape index (κ3) is 5.31. The van der Waals surface area contributed by atoms with Gasteiger partial charge in [0.25, 0.3) is 5.91 Å². The second-order valence-electron chi connectivity index (χ2n) is 2.93. The molecule has 0 aromatic carbocycles. The van der Waals surface area contributed by atoms with Gasteiger partial charge in [0.15, 0.2) is 6.10 Å². The molecule has 0 saturated carbocycles. The van der Waals surface area contributed by atoms with Crippen LogP contribution >= 0.6 is 0 Å². The highest BCUT2D eigenvalue weighted by Crippen LogP contribution is 2.07. The van der Waals surface area contributed by atoms with E-state index in [1.807, 2.05) is 0 Å². The van der Waals surface area contributed by atoms with Gasteiger partial charge in [0.1, 0.15) is 13.3 Å². The van der Waals surface area contributed by atoms with E-state index in [1.165, 1.54) is 0 Å². The fourth-order valence-corrected chi connectivity index (χ4v) is 0.826. The Morgan fingerprint density at radius 3 is 2.80 bits per heavy atom. The molecule has 1 aliphatic rings. The molecule has 0 spiro atoms. The predicted molar refractivity (Wildman–Crippen MR) is 48.8 cm³/mol. The van der Waals surface area contributed by atoms with E-state index in [9.17, 15) is 9.59 Å². The normalized spacial score (nSPS) is 18.3. The van der Waals surface area contributed by atoms with Crippen LogP contribution in [-0.2, 0) is 19.1 Å². The van der Waals surface area contributed by atoms with Gasteiger partial charge in [-0.1, -0.05) is 0 Å². The maximum Gasteiger partial charge on any atom is 0.253 e. The molecule has 7 nitrogen and oxygen atoms in total. The van der Waals surface area contributed by atoms with Crippen molar-refractivity contribution in [1.29, 1.82) is 0 Å². The molecule has 1 rings (SSSR count). The highest BCUT2D eigenvalue weighted by atomic mass is 16.6. The van der Waals surface area contributed by atoms with Crippen LogP contribution in [-0.4, -0.2) is 56.1 Å². The van der Waals surface area contributed by atoms with Gasteiger partial charge in [-0.2, -0.15) is 0 Å². The zero-order valence-electron chi connectivity index (χ0n) is 8.19. The summed E-state index contributed by atoms with van der Waals surface area (Å²) in [6, 6.07) is 0. The van der Waals surface area contributed by atoms with Crippen LogP contribution in [0.15, 0.2) is 0 Å². The first-order valence-electron chi connectivity index (χ1n) is 4.58. The number of hydrogen-bond donors (Lipinski definition) is 3. The van der Waals surface area contributed by atoms with Gasteiger partial charge >= 0.3 is 0 Å². The van der Waals surface area contributed by atoms with E-state index in [-0.39, 0.29) is 44.4 Å². The smallest absolute Gasteiger partial charge is 0.253 e. The molecule has 0 bridgehead atoms. The average Bonchev–Trinajstić information content (AvgIpc) is 3.04. The Hall–Kier alpha value is -1.18. The van der Waals surface area contributed by atoms with E-state index in [4.69, 9.17) is 14.6 Å². The first kappa shape index (κ1) is 11.9. The third-order valence-electron chi connectivity index (χ3n) is 1.64. The molecular weight excluding hydrogens is 204 g/mol. The van der Waals surface area contributed by atoms with E-state index in [0.717, 1.165) is 0 Å². The molecule has 1 atom stereocenters. The second kappa shape index (κ2) is 6.33. The molecule has 0 aromatic rings. The number of hydrogen-bond acceptors (Lipinski definition) is 5. The Bertz CT molecular complexity index is 229. The molecule has 86 valence electrons. The van der Waals surface area contributed by atoms with E-state index < -0.39 is 0 Å². The van der Waals surface area contributed by atoms with Gasteiger partial charge in [-0.25, -0.2) is 0 Å². The molecule has 1 fully saturated rings. The summed E-state index contributed by atoms with van der Waals surface area (Å²) in [5, 5.41) is 13.2. The molecule has 1 saturated heterocycles. The Morgan fingerprint density at radius 1 is 1.47 bits per heavy atom. The molecule has 2 amide bonds. The maximum atomic E-state index is 11.0. The number of epoxide rings is 1. The lowest BCUT2D eigenvalue weighted by Gasteiger charge is -2.05. The molecule has 1 heterocycles. The number of amides is 2. The SMILES string of the molecule is O=C(COCNC(=O)C1CO1)NCCO. The summed E-state index contributed by atoms with van der Waals surface area (Å²) >= 11 is 0. The van der Waals surface area contributed by atoms with Crippen molar-refractivity contribution in [3.8, 4) is 0 Å². The standard InChI is InChI=1S/C8H14N2O5/c11-2-1-9-7(12)4-14-5-10-8(13)6-3-15-6/h6,11H,1-5H2,(H,9,12)(H,10,13). The molecule has 1 aliphatic heterocycles. The van der Waals surface area contributed by atoms with Crippen LogP contribution in [0.5, 0.6) is 0 Å². The average molecular weight is 218 g/mol. The van der Waals surface area contributed by atoms with Crippen molar-refractivity contribution in [2.45, 2.75) is 6.10 Å². The quantitative estimate of drug-likeness (QED) is 0.251. The Labute approximate surface area is 86.7 Å². The minimum absolute atomic E-state index is 0.0226. The minimum Gasteiger partial charge on any atom is -0.395 e. The van der Waals surface area contributed by atoms with Crippen molar-refractivity contribution in [3.63, 3.8) is 0 Å². The Morgan fingerprint density at radius 2 is 2.20 bits per heavy atom. The van der Waals surface area contributed by atoms with Gasteiger partial charge in [-0.05, 0) is 0 Å². The highest BCUT2D eigenvalue weighted by molar-refractivity contribution is 5.82. The largest absolute Gasteiger partial charge is 0.395 e. The fourth-order valence-electron chi connectivity index (χ4n) is 0.826. The molecular formula is C8H14N2O5. The van der Waals surface area contributed by atoms with Crippen LogP contribution < -0.4 is 10.6 Å². The number of rotatable bonds is 7. The predicted octanol–water partition coefficient (Wildman–Crippen LogP) is -2.42. The molecule has 0 aromatic heterocycles. The summed E-state index contributed by atoms with van der Waals surface area (Å²) in [5.41, 5.74) is 0. The van der Waals surface area contributed by atoms with Gasteiger partial charge in [-0.15, -0.1) is 0 Å². The summed E-state index contributed by atoms with van der Waals surface area (Å²) < 4.78 is 9.59. The van der Waals surface area contributed by atoms with E-state index in [0.29, 0.717) is 6.61 Å². The number of aliphatic hydroxyl groups is 1. The van der Waals surface area contributed by atoms with E-state index >= 15 is 0 Å². The fraction of sp³-hybridized carbons (Fsp3) is 0.750. The first-order valence-corrected chi connectivity index (χ1v) is 4.58. The number of nitrogens with one attached hydrogen (secondary N) is 2. The van der Waals surface area contributed by atoms with Gasteiger partial charge in [0.05, 0.1) is 13.2 Å². The lowest BCUT2D eigenvalue weighted by molar-refractivity contribution is -0.129. The molecule has 3 N–H and O–H groups in total. The van der Waals surface area contributed by atoms with Crippen molar-refractivity contribution < 1.29 is 24.2 Å². The van der Waals surface area contributed by atoms with Crippen molar-refractivity contribution in [3.05, 3.63) is 0 Å². The summed E-state index contributed by atoms with van der Waals surface area (Å²) in [6.45, 7) is 0.367. The van der Waals surface area contributed by atoms with Gasteiger partial charge in [-0.3, -0.25) is 9.59 Å². The summed E-state index contributed by atoms with van der Waals surface area (Å²) in [4.78, 5) is 21.9. The maximum absolute atomic E-state index is 11.0. The lowest BCUT2D eigenvalue weighted by atomic mass is 10.4. The van der Waals surface area contributed by atoms with E-state index in [2.05, 4.69) is 10.6 Å². The molecule has 0 aliphatic carbocycles. The topological polar surface area (TPSA) is 100 Å². The molecule has 1 unspecified atom stereocenters. The third-order valence-corrected chi connectivity index (χ3v) is 1.64. The lowest BCUT2D eigenvalue weighted by Crippen LogP contribution is -2.34. The van der Waals surface area contributed by atoms with Crippen LogP contribution in [0.1, 0.15) is 0 Å². The summed E-state index contributed by atoms with van der Waals surface area (Å²) in [5.74, 6) is -0.563. The zero-order valence-corrected chi connectivity index (χ0v) is 8.19. The molecule has 7 heteroatoms. The van der Waals surface area contributed by atoms with Crippen LogP contribution in [0.25, 0.3) is 0 Å². The number of carbonyl (C=O) groups excluding carboxylic acids is 2. The van der Waals surface area contributed by atoms with Crippen LogP contribution in [0.2, 0.25) is 0 Å². The summed E-state index contributed by atoms with van der Waals surface area (Å²) in [6.07, 6.45) is -0.350.